The lowest BCUT2D eigenvalue weighted by Gasteiger charge is -2.20. The zero-order chi connectivity index (χ0) is 26.9. The maximum atomic E-state index is 15.1. The average molecular weight is 513 g/mol. The van der Waals surface area contributed by atoms with Gasteiger partial charge < -0.3 is 30.4 Å². The second-order valence-corrected chi connectivity index (χ2v) is 7.50. The van der Waals surface area contributed by atoms with Gasteiger partial charge in [-0.2, -0.15) is 4.99 Å². The van der Waals surface area contributed by atoms with Gasteiger partial charge in [-0.3, -0.25) is 0 Å². The number of amidine groups is 1. The molecule has 1 amide bonds. The summed E-state index contributed by atoms with van der Waals surface area (Å²) in [6.45, 7) is 3.90. The molecule has 3 rings (SSSR count). The number of carbonyl (C=O) groups excluding carboxylic acids is 1. The van der Waals surface area contributed by atoms with Crippen LogP contribution in [-0.2, 0) is 4.79 Å². The Kier molecular flexibility index (Phi) is 8.98. The Bertz CT molecular complexity index is 1280. The molecule has 194 valence electrons. The largest absolute Gasteiger partial charge is 0.494 e. The van der Waals surface area contributed by atoms with Crippen LogP contribution in [0.15, 0.2) is 65.7 Å². The van der Waals surface area contributed by atoms with E-state index >= 15 is 4.39 Å². The third-order valence-electron chi connectivity index (χ3n) is 4.93. The number of hydrogen-bond donors (Lipinski definition) is 3. The minimum absolute atomic E-state index is 0.0929. The maximum absolute atomic E-state index is 15.1. The van der Waals surface area contributed by atoms with Crippen molar-refractivity contribution in [1.82, 2.24) is 0 Å². The summed E-state index contributed by atoms with van der Waals surface area (Å²) >= 11 is 0. The highest BCUT2D eigenvalue weighted by Gasteiger charge is 2.27. The first-order chi connectivity index (χ1) is 17.7. The van der Waals surface area contributed by atoms with Crippen molar-refractivity contribution in [2.75, 3.05) is 18.5 Å². The number of nitrogens with two attached hydrogens (primary N) is 1. The Hall–Kier alpha value is -4.67. The van der Waals surface area contributed by atoms with E-state index in [1.165, 1.54) is 48.5 Å². The van der Waals surface area contributed by atoms with Crippen LogP contribution >= 0.6 is 0 Å². The summed E-state index contributed by atoms with van der Waals surface area (Å²) in [4.78, 5) is 27.7. The van der Waals surface area contributed by atoms with Crippen LogP contribution in [0.1, 0.15) is 31.0 Å². The smallest absolute Gasteiger partial charge is 0.441 e. The van der Waals surface area contributed by atoms with Crippen molar-refractivity contribution in [2.24, 2.45) is 10.7 Å². The number of carboxylic acids is 1. The molecule has 3 aromatic carbocycles. The molecule has 0 aliphatic carbocycles. The molecule has 0 radical (unpaired) electrons. The molecule has 0 aliphatic rings. The van der Waals surface area contributed by atoms with E-state index in [2.05, 4.69) is 10.3 Å². The molecule has 0 saturated heterocycles. The predicted octanol–water partition coefficient (Wildman–Crippen LogP) is 4.90. The van der Waals surface area contributed by atoms with E-state index in [0.29, 0.717) is 17.9 Å². The van der Waals surface area contributed by atoms with E-state index in [1.54, 1.807) is 13.8 Å². The van der Waals surface area contributed by atoms with Gasteiger partial charge in [-0.05, 0) is 68.4 Å². The zero-order valence-electron chi connectivity index (χ0n) is 20.0. The van der Waals surface area contributed by atoms with Gasteiger partial charge in [0.25, 0.3) is 0 Å². The second kappa shape index (κ2) is 12.3. The lowest BCUT2D eigenvalue weighted by atomic mass is 10.0. The second-order valence-electron chi connectivity index (χ2n) is 7.50. The molecule has 11 heteroatoms. The number of benzene rings is 3. The fourth-order valence-corrected chi connectivity index (χ4v) is 3.28. The number of rotatable bonds is 10. The standard InChI is InChI=1S/C26H25F2N3O6/c1-3-35-19-13-20(22(28)21(14-19)36-4-2)23(25(32)33)30-17-9-5-15(6-10-17)24(29)31-26(34)37-18-11-7-16(27)8-12-18/h5-14,23,30H,3-4H2,1-2H3,(H,32,33)(H2,29,31,34). The molecule has 0 fully saturated rings. The summed E-state index contributed by atoms with van der Waals surface area (Å²) < 4.78 is 43.8. The van der Waals surface area contributed by atoms with Crippen molar-refractivity contribution < 1.29 is 37.7 Å². The lowest BCUT2D eigenvalue weighted by molar-refractivity contribution is -0.138. The number of nitrogens with zero attached hydrogens (tertiary/aromatic N) is 1. The fraction of sp³-hybridized carbons (Fsp3) is 0.192. The normalized spacial score (nSPS) is 11.9. The number of ether oxygens (including phenoxy) is 3. The van der Waals surface area contributed by atoms with E-state index in [0.717, 1.165) is 12.1 Å². The Morgan fingerprint density at radius 3 is 2.22 bits per heavy atom. The highest BCUT2D eigenvalue weighted by atomic mass is 19.1. The molecule has 9 nitrogen and oxygen atoms in total. The minimum Gasteiger partial charge on any atom is -0.494 e. The van der Waals surface area contributed by atoms with Gasteiger partial charge in [0.15, 0.2) is 17.6 Å². The van der Waals surface area contributed by atoms with Gasteiger partial charge in [-0.15, -0.1) is 0 Å². The van der Waals surface area contributed by atoms with Crippen LogP contribution in [0, 0.1) is 11.6 Å². The summed E-state index contributed by atoms with van der Waals surface area (Å²) in [7, 11) is 0. The number of aliphatic imine (C=N–C) groups is 1. The Labute approximate surface area is 211 Å². The van der Waals surface area contributed by atoms with Crippen molar-refractivity contribution >= 4 is 23.6 Å². The van der Waals surface area contributed by atoms with Crippen molar-refractivity contribution in [3.05, 3.63) is 83.4 Å². The molecule has 0 heterocycles. The van der Waals surface area contributed by atoms with E-state index in [9.17, 15) is 19.1 Å². The van der Waals surface area contributed by atoms with Crippen LogP contribution in [0.3, 0.4) is 0 Å². The molecule has 0 spiro atoms. The van der Waals surface area contributed by atoms with Gasteiger partial charge in [-0.1, -0.05) is 0 Å². The highest BCUT2D eigenvalue weighted by molar-refractivity contribution is 6.03. The van der Waals surface area contributed by atoms with E-state index in [-0.39, 0.29) is 35.3 Å². The van der Waals surface area contributed by atoms with Crippen LogP contribution in [0.4, 0.5) is 19.3 Å². The highest BCUT2D eigenvalue weighted by Crippen LogP contribution is 2.33. The summed E-state index contributed by atoms with van der Waals surface area (Å²) in [5.41, 5.74) is 6.38. The van der Waals surface area contributed by atoms with Gasteiger partial charge in [0, 0.05) is 22.9 Å². The van der Waals surface area contributed by atoms with Crippen LogP contribution in [-0.4, -0.2) is 36.2 Å². The van der Waals surface area contributed by atoms with Crippen molar-refractivity contribution in [2.45, 2.75) is 19.9 Å². The molecule has 37 heavy (non-hydrogen) atoms. The van der Waals surface area contributed by atoms with Gasteiger partial charge in [0.1, 0.15) is 23.2 Å². The third kappa shape index (κ3) is 7.17. The first-order valence-corrected chi connectivity index (χ1v) is 11.2. The Morgan fingerprint density at radius 2 is 1.62 bits per heavy atom. The number of carboxylic acid groups (broad SMARTS) is 1. The molecule has 0 saturated carbocycles. The van der Waals surface area contributed by atoms with Crippen LogP contribution in [0.5, 0.6) is 17.2 Å². The first kappa shape index (κ1) is 26.9. The molecular formula is C26H25F2N3O6. The SMILES string of the molecule is CCOc1cc(OCC)c(F)c(C(Nc2ccc(/C(N)=N/C(=O)Oc3ccc(F)cc3)cc2)C(=O)O)c1. The Balaban J connectivity index is 1.79. The number of hydrogen-bond acceptors (Lipinski definition) is 6. The fourth-order valence-electron chi connectivity index (χ4n) is 3.28. The summed E-state index contributed by atoms with van der Waals surface area (Å²) in [6.07, 6.45) is -1.01. The number of halogens is 2. The van der Waals surface area contributed by atoms with Crippen molar-refractivity contribution in [3.63, 3.8) is 0 Å². The molecular weight excluding hydrogens is 488 g/mol. The zero-order valence-corrected chi connectivity index (χ0v) is 20.0. The summed E-state index contributed by atoms with van der Waals surface area (Å²) in [6, 6.07) is 12.0. The molecule has 4 N–H and O–H groups in total. The average Bonchev–Trinajstić information content (AvgIpc) is 2.86. The quantitative estimate of drug-likeness (QED) is 0.258. The van der Waals surface area contributed by atoms with Crippen molar-refractivity contribution in [1.29, 1.82) is 0 Å². The van der Waals surface area contributed by atoms with Gasteiger partial charge in [0.2, 0.25) is 0 Å². The minimum atomic E-state index is -1.47. The number of aliphatic carboxylic acids is 1. The number of carbonyl (C=O) groups is 2. The number of nitrogens with one attached hydrogen (secondary N) is 1. The third-order valence-corrected chi connectivity index (χ3v) is 4.93. The predicted molar refractivity (Wildman–Crippen MR) is 132 cm³/mol. The van der Waals surface area contributed by atoms with Gasteiger partial charge in [0.05, 0.1) is 13.2 Å². The lowest BCUT2D eigenvalue weighted by Crippen LogP contribution is -2.22. The van der Waals surface area contributed by atoms with Gasteiger partial charge >= 0.3 is 12.1 Å². The summed E-state index contributed by atoms with van der Waals surface area (Å²) in [5, 5.41) is 12.6. The van der Waals surface area contributed by atoms with E-state index < -0.39 is 29.7 Å². The maximum Gasteiger partial charge on any atom is 0.441 e. The number of anilines is 1. The van der Waals surface area contributed by atoms with E-state index in [4.69, 9.17) is 19.9 Å². The molecule has 0 bridgehead atoms. The first-order valence-electron chi connectivity index (χ1n) is 11.2. The molecule has 1 atom stereocenters. The topological polar surface area (TPSA) is 132 Å². The Morgan fingerprint density at radius 1 is 0.973 bits per heavy atom. The van der Waals surface area contributed by atoms with Crippen LogP contribution in [0.2, 0.25) is 0 Å². The van der Waals surface area contributed by atoms with E-state index in [1.807, 2.05) is 0 Å². The molecule has 0 aliphatic heterocycles. The van der Waals surface area contributed by atoms with Crippen LogP contribution < -0.4 is 25.3 Å². The van der Waals surface area contributed by atoms with Crippen molar-refractivity contribution in [3.8, 4) is 17.2 Å². The summed E-state index contributed by atoms with van der Waals surface area (Å²) in [5.74, 6) is -2.56. The molecule has 1 unspecified atom stereocenters. The molecule has 3 aromatic rings. The van der Waals surface area contributed by atoms with Crippen LogP contribution in [0.25, 0.3) is 0 Å². The number of amides is 1. The molecule has 0 aromatic heterocycles. The monoisotopic (exact) mass is 513 g/mol. The van der Waals surface area contributed by atoms with Gasteiger partial charge in [-0.25, -0.2) is 18.4 Å².